The Balaban J connectivity index is 2.36. The minimum atomic E-state index is -1.49. The van der Waals surface area contributed by atoms with Crippen molar-refractivity contribution in [1.29, 1.82) is 0 Å². The number of carboxylic acids is 1. The van der Waals surface area contributed by atoms with Crippen LogP contribution in [-0.4, -0.2) is 20.9 Å². The second-order valence-corrected chi connectivity index (χ2v) is 4.91. The monoisotopic (exact) mass is 309 g/mol. The van der Waals surface area contributed by atoms with Gasteiger partial charge in [0, 0.05) is 6.20 Å². The average Bonchev–Trinajstić information content (AvgIpc) is 2.75. The summed E-state index contributed by atoms with van der Waals surface area (Å²) in [4.78, 5) is 11.5. The molecular weight excluding hydrogens is 298 g/mol. The number of halogens is 1. The molecule has 1 atom stereocenters. The van der Waals surface area contributed by atoms with Gasteiger partial charge in [-0.2, -0.15) is 5.10 Å². The molecule has 0 bridgehead atoms. The highest BCUT2D eigenvalue weighted by molar-refractivity contribution is 9.10. The van der Waals surface area contributed by atoms with Crippen LogP contribution in [0.2, 0.25) is 0 Å². The van der Waals surface area contributed by atoms with Crippen molar-refractivity contribution in [3.8, 4) is 0 Å². The summed E-state index contributed by atoms with van der Waals surface area (Å²) in [6.45, 7) is 0.0674. The molecule has 1 heterocycles. The first-order valence-corrected chi connectivity index (χ1v) is 6.07. The normalized spacial score (nSPS) is 14.1. The predicted molar refractivity (Wildman–Crippen MR) is 69.9 cm³/mol. The van der Waals surface area contributed by atoms with E-state index in [4.69, 9.17) is 5.73 Å². The van der Waals surface area contributed by atoms with Crippen LogP contribution in [0.25, 0.3) is 0 Å². The number of hydrogen-bond donors (Lipinski definition) is 2. The zero-order valence-electron chi connectivity index (χ0n) is 9.45. The van der Waals surface area contributed by atoms with Gasteiger partial charge >= 0.3 is 5.97 Å². The second-order valence-electron chi connectivity index (χ2n) is 4.00. The third-order valence-electron chi connectivity index (χ3n) is 2.68. The number of carbonyl (C=O) groups is 1. The van der Waals surface area contributed by atoms with Crippen LogP contribution < -0.4 is 5.73 Å². The fourth-order valence-electron chi connectivity index (χ4n) is 1.70. The van der Waals surface area contributed by atoms with Crippen molar-refractivity contribution in [3.63, 3.8) is 0 Å². The molecule has 0 saturated heterocycles. The summed E-state index contributed by atoms with van der Waals surface area (Å²) in [7, 11) is 0. The van der Waals surface area contributed by atoms with Crippen molar-refractivity contribution >= 4 is 21.9 Å². The number of nitrogens with two attached hydrogens (primary N) is 1. The van der Waals surface area contributed by atoms with Gasteiger partial charge in [0.15, 0.2) is 5.54 Å². The van der Waals surface area contributed by atoms with E-state index in [9.17, 15) is 9.90 Å². The maximum Gasteiger partial charge on any atom is 0.330 e. The fourth-order valence-corrected chi connectivity index (χ4v) is 2.03. The van der Waals surface area contributed by atoms with Crippen LogP contribution in [0.15, 0.2) is 47.2 Å². The first-order chi connectivity index (χ1) is 8.52. The van der Waals surface area contributed by atoms with Gasteiger partial charge < -0.3 is 10.8 Å². The molecule has 0 saturated carbocycles. The molecule has 0 fully saturated rings. The Bertz CT molecular complexity index is 555. The van der Waals surface area contributed by atoms with Crippen molar-refractivity contribution in [1.82, 2.24) is 9.78 Å². The molecule has 2 aromatic rings. The van der Waals surface area contributed by atoms with Crippen molar-refractivity contribution in [2.75, 3.05) is 0 Å². The zero-order chi connectivity index (χ0) is 13.2. The Morgan fingerprint density at radius 2 is 2.11 bits per heavy atom. The van der Waals surface area contributed by atoms with Crippen LogP contribution in [0.5, 0.6) is 0 Å². The van der Waals surface area contributed by atoms with Crippen molar-refractivity contribution < 1.29 is 9.90 Å². The number of benzene rings is 1. The van der Waals surface area contributed by atoms with Gasteiger partial charge in [-0.3, -0.25) is 4.68 Å². The van der Waals surface area contributed by atoms with Gasteiger partial charge in [0.25, 0.3) is 0 Å². The molecule has 0 aliphatic rings. The molecule has 5 nitrogen and oxygen atoms in total. The van der Waals surface area contributed by atoms with E-state index in [0.29, 0.717) is 5.56 Å². The SMILES string of the molecule is NC(Cn1cc(Br)cn1)(C(=O)O)c1ccccc1. The van der Waals surface area contributed by atoms with Gasteiger partial charge in [-0.15, -0.1) is 0 Å². The molecule has 0 spiro atoms. The maximum atomic E-state index is 11.5. The van der Waals surface area contributed by atoms with Crippen LogP contribution in [0.1, 0.15) is 5.56 Å². The molecular formula is C12H12BrN3O2. The summed E-state index contributed by atoms with van der Waals surface area (Å²) in [6.07, 6.45) is 3.28. The van der Waals surface area contributed by atoms with E-state index >= 15 is 0 Å². The molecule has 0 aliphatic heterocycles. The zero-order valence-corrected chi connectivity index (χ0v) is 11.0. The van der Waals surface area contributed by atoms with E-state index in [-0.39, 0.29) is 6.54 Å². The number of aliphatic carboxylic acids is 1. The number of aromatic nitrogens is 2. The van der Waals surface area contributed by atoms with Gasteiger partial charge in [0.05, 0.1) is 17.2 Å². The number of rotatable bonds is 4. The standard InChI is InChI=1S/C12H12BrN3O2/c13-10-6-15-16(7-10)8-12(14,11(17)18)9-4-2-1-3-5-9/h1-7H,8,14H2,(H,17,18). The van der Waals surface area contributed by atoms with Crippen LogP contribution in [-0.2, 0) is 16.9 Å². The summed E-state index contributed by atoms with van der Waals surface area (Å²) in [5.41, 5.74) is 5.08. The molecule has 18 heavy (non-hydrogen) atoms. The number of carboxylic acid groups (broad SMARTS) is 1. The van der Waals surface area contributed by atoms with Gasteiger partial charge in [0.2, 0.25) is 0 Å². The Labute approximate surface area is 112 Å². The lowest BCUT2D eigenvalue weighted by molar-refractivity contribution is -0.144. The lowest BCUT2D eigenvalue weighted by atomic mass is 9.91. The smallest absolute Gasteiger partial charge is 0.330 e. The largest absolute Gasteiger partial charge is 0.480 e. The Hall–Kier alpha value is -1.66. The third-order valence-corrected chi connectivity index (χ3v) is 3.09. The highest BCUT2D eigenvalue weighted by Gasteiger charge is 2.36. The molecule has 0 aliphatic carbocycles. The Morgan fingerprint density at radius 3 is 2.61 bits per heavy atom. The minimum absolute atomic E-state index is 0.0674. The van der Waals surface area contributed by atoms with Gasteiger partial charge in [-0.25, -0.2) is 4.79 Å². The first kappa shape index (κ1) is 12.8. The summed E-state index contributed by atoms with van der Waals surface area (Å²) < 4.78 is 2.29. The van der Waals surface area contributed by atoms with Crippen molar-refractivity contribution in [3.05, 3.63) is 52.8 Å². The molecule has 1 aromatic heterocycles. The molecule has 94 valence electrons. The lowest BCUT2D eigenvalue weighted by Gasteiger charge is -2.25. The van der Waals surface area contributed by atoms with Gasteiger partial charge in [-0.1, -0.05) is 30.3 Å². The lowest BCUT2D eigenvalue weighted by Crippen LogP contribution is -2.48. The minimum Gasteiger partial charge on any atom is -0.480 e. The van der Waals surface area contributed by atoms with E-state index < -0.39 is 11.5 Å². The summed E-state index contributed by atoms with van der Waals surface area (Å²) in [5, 5.41) is 13.4. The van der Waals surface area contributed by atoms with Crippen LogP contribution >= 0.6 is 15.9 Å². The molecule has 2 rings (SSSR count). The fraction of sp³-hybridized carbons (Fsp3) is 0.167. The molecule has 1 aromatic carbocycles. The van der Waals surface area contributed by atoms with Crippen LogP contribution in [0, 0.1) is 0 Å². The van der Waals surface area contributed by atoms with Crippen molar-refractivity contribution in [2.24, 2.45) is 5.73 Å². The second kappa shape index (κ2) is 4.91. The van der Waals surface area contributed by atoms with E-state index in [1.54, 1.807) is 36.7 Å². The first-order valence-electron chi connectivity index (χ1n) is 5.28. The highest BCUT2D eigenvalue weighted by Crippen LogP contribution is 2.21. The summed E-state index contributed by atoms with van der Waals surface area (Å²) in [6, 6.07) is 8.74. The quantitative estimate of drug-likeness (QED) is 0.898. The molecule has 0 radical (unpaired) electrons. The van der Waals surface area contributed by atoms with Crippen LogP contribution in [0.4, 0.5) is 0 Å². The Kier molecular flexibility index (Phi) is 3.49. The predicted octanol–water partition coefficient (Wildman–Crippen LogP) is 1.58. The van der Waals surface area contributed by atoms with Gasteiger partial charge in [-0.05, 0) is 21.5 Å². The summed E-state index contributed by atoms with van der Waals surface area (Å²) in [5.74, 6) is -1.08. The number of nitrogens with zero attached hydrogens (tertiary/aromatic N) is 2. The average molecular weight is 310 g/mol. The maximum absolute atomic E-state index is 11.5. The molecule has 6 heteroatoms. The molecule has 3 N–H and O–H groups in total. The van der Waals surface area contributed by atoms with Crippen LogP contribution in [0.3, 0.4) is 0 Å². The van der Waals surface area contributed by atoms with Crippen molar-refractivity contribution in [2.45, 2.75) is 12.1 Å². The van der Waals surface area contributed by atoms with E-state index in [2.05, 4.69) is 21.0 Å². The molecule has 0 amide bonds. The van der Waals surface area contributed by atoms with E-state index in [1.807, 2.05) is 6.07 Å². The topological polar surface area (TPSA) is 81.1 Å². The van der Waals surface area contributed by atoms with E-state index in [0.717, 1.165) is 4.47 Å². The third kappa shape index (κ3) is 2.44. The van der Waals surface area contributed by atoms with E-state index in [1.165, 1.54) is 4.68 Å². The highest BCUT2D eigenvalue weighted by atomic mass is 79.9. The molecule has 1 unspecified atom stereocenters. The Morgan fingerprint density at radius 1 is 1.44 bits per heavy atom. The summed E-state index contributed by atoms with van der Waals surface area (Å²) >= 11 is 3.26. The van der Waals surface area contributed by atoms with Gasteiger partial charge in [0.1, 0.15) is 0 Å². The number of hydrogen-bond acceptors (Lipinski definition) is 3.